The van der Waals surface area contributed by atoms with Crippen molar-refractivity contribution in [3.63, 3.8) is 0 Å². The summed E-state index contributed by atoms with van der Waals surface area (Å²) in [6.45, 7) is 1.92. The summed E-state index contributed by atoms with van der Waals surface area (Å²) in [5, 5.41) is 0. The molecule has 2 atom stereocenters. The Morgan fingerprint density at radius 1 is 1.41 bits per heavy atom. The number of rotatable bonds is 8. The topological polar surface area (TPSA) is 81.9 Å². The number of hydroxylamine groups is 1. The molecule has 0 aromatic heterocycles. The van der Waals surface area contributed by atoms with E-state index in [9.17, 15) is 9.36 Å². The summed E-state index contributed by atoms with van der Waals surface area (Å²) >= 11 is 0. The molecule has 122 valence electrons. The number of nitrogens with zero attached hydrogens (tertiary/aromatic N) is 1. The van der Waals surface area contributed by atoms with Crippen LogP contribution in [0.2, 0.25) is 0 Å². The molecule has 22 heavy (non-hydrogen) atoms. The Hall–Kier alpha value is -1.36. The van der Waals surface area contributed by atoms with Crippen molar-refractivity contribution >= 4 is 13.9 Å². The molecule has 1 fully saturated rings. The largest absolute Gasteiger partial charge is 0.461 e. The molecule has 1 aliphatic rings. The number of benzene rings is 1. The summed E-state index contributed by atoms with van der Waals surface area (Å²) in [7, 11) is -2.31. The van der Waals surface area contributed by atoms with Gasteiger partial charge in [-0.25, -0.2) is 0 Å². The van der Waals surface area contributed by atoms with Gasteiger partial charge in [-0.3, -0.25) is 4.79 Å². The second-order valence-electron chi connectivity index (χ2n) is 5.33. The van der Waals surface area contributed by atoms with Gasteiger partial charge in [-0.2, -0.15) is 0 Å². The Morgan fingerprint density at radius 3 is 2.64 bits per heavy atom. The molecule has 1 aliphatic carbocycles. The van der Waals surface area contributed by atoms with Crippen molar-refractivity contribution in [3.8, 4) is 5.75 Å². The van der Waals surface area contributed by atoms with Gasteiger partial charge in [0.2, 0.25) is 0 Å². The van der Waals surface area contributed by atoms with Gasteiger partial charge >= 0.3 is 5.97 Å². The third-order valence-electron chi connectivity index (χ3n) is 3.58. The maximum Gasteiger partial charge on any atom is 0.327 e. The Bertz CT molecular complexity index is 508. The van der Waals surface area contributed by atoms with E-state index in [-0.39, 0.29) is 12.6 Å². The number of ether oxygens (including phenoxy) is 1. The van der Waals surface area contributed by atoms with Gasteiger partial charge < -0.3 is 19.9 Å². The van der Waals surface area contributed by atoms with Gasteiger partial charge in [0.05, 0.1) is 0 Å². The molecule has 0 bridgehead atoms. The molecule has 2 N–H and O–H groups in total. The van der Waals surface area contributed by atoms with Gasteiger partial charge in [0.25, 0.3) is 0 Å². The SMILES string of the molecule is CC(C(=O)OC1CCC1)N(Oc1ccccc1)[PH](=O)CCN. The summed E-state index contributed by atoms with van der Waals surface area (Å²) in [5.41, 5.74) is 5.48. The lowest BCUT2D eigenvalue weighted by Crippen LogP contribution is -2.41. The van der Waals surface area contributed by atoms with Crippen LogP contribution < -0.4 is 10.6 Å². The maximum atomic E-state index is 12.4. The average Bonchev–Trinajstić information content (AvgIpc) is 2.49. The van der Waals surface area contributed by atoms with Gasteiger partial charge in [-0.15, -0.1) is 0 Å². The van der Waals surface area contributed by atoms with E-state index in [2.05, 4.69) is 0 Å². The minimum Gasteiger partial charge on any atom is -0.461 e. The molecule has 0 radical (unpaired) electrons. The zero-order valence-electron chi connectivity index (χ0n) is 12.7. The number of nitrogens with two attached hydrogens (primary N) is 1. The van der Waals surface area contributed by atoms with E-state index >= 15 is 0 Å². The van der Waals surface area contributed by atoms with E-state index in [1.807, 2.05) is 18.2 Å². The normalized spacial score (nSPS) is 17.6. The zero-order valence-corrected chi connectivity index (χ0v) is 13.7. The minimum atomic E-state index is -2.31. The van der Waals surface area contributed by atoms with Crippen LogP contribution in [-0.4, -0.2) is 35.7 Å². The number of carbonyl (C=O) groups is 1. The maximum absolute atomic E-state index is 12.4. The molecule has 2 unspecified atom stereocenters. The first-order chi connectivity index (χ1) is 10.6. The first-order valence-electron chi connectivity index (χ1n) is 7.57. The van der Waals surface area contributed by atoms with Crippen LogP contribution in [0.1, 0.15) is 26.2 Å². The van der Waals surface area contributed by atoms with Gasteiger partial charge in [-0.1, -0.05) is 23.0 Å². The van der Waals surface area contributed by atoms with Crippen LogP contribution in [0.3, 0.4) is 0 Å². The van der Waals surface area contributed by atoms with Crippen LogP contribution in [0.4, 0.5) is 0 Å². The summed E-state index contributed by atoms with van der Waals surface area (Å²) in [6, 6.07) is 8.23. The lowest BCUT2D eigenvalue weighted by atomic mass is 9.96. The molecular formula is C15H23N2O4P. The second kappa shape index (κ2) is 8.32. The highest BCUT2D eigenvalue weighted by molar-refractivity contribution is 7.41. The second-order valence-corrected chi connectivity index (χ2v) is 7.06. The molecule has 0 spiro atoms. The van der Waals surface area contributed by atoms with Gasteiger partial charge in [0.1, 0.15) is 17.9 Å². The van der Waals surface area contributed by atoms with Gasteiger partial charge in [-0.05, 0) is 38.3 Å². The van der Waals surface area contributed by atoms with E-state index in [0.717, 1.165) is 19.3 Å². The molecule has 7 heteroatoms. The fourth-order valence-corrected chi connectivity index (χ4v) is 3.23. The summed E-state index contributed by atoms with van der Waals surface area (Å²) in [6.07, 6.45) is 3.16. The highest BCUT2D eigenvalue weighted by atomic mass is 31.1. The smallest absolute Gasteiger partial charge is 0.327 e. The van der Waals surface area contributed by atoms with E-state index < -0.39 is 20.0 Å². The van der Waals surface area contributed by atoms with Crippen molar-refractivity contribution < 1.29 is 18.9 Å². The average molecular weight is 326 g/mol. The quantitative estimate of drug-likeness (QED) is 0.448. The molecule has 1 aromatic carbocycles. The predicted molar refractivity (Wildman–Crippen MR) is 85.0 cm³/mol. The first kappa shape index (κ1) is 17.0. The highest BCUT2D eigenvalue weighted by Crippen LogP contribution is 2.32. The molecule has 2 rings (SSSR count). The molecular weight excluding hydrogens is 303 g/mol. The number of para-hydroxylation sites is 1. The van der Waals surface area contributed by atoms with Crippen molar-refractivity contribution in [1.29, 1.82) is 0 Å². The zero-order chi connectivity index (χ0) is 15.9. The van der Waals surface area contributed by atoms with E-state index in [0.29, 0.717) is 11.9 Å². The Morgan fingerprint density at radius 2 is 2.09 bits per heavy atom. The van der Waals surface area contributed by atoms with Crippen molar-refractivity contribution in [2.45, 2.75) is 38.3 Å². The van der Waals surface area contributed by atoms with Gasteiger partial charge in [0.15, 0.2) is 7.95 Å². The molecule has 0 saturated heterocycles. The number of hydrogen-bond donors (Lipinski definition) is 1. The van der Waals surface area contributed by atoms with Crippen LogP contribution in [0.25, 0.3) is 0 Å². The van der Waals surface area contributed by atoms with Crippen molar-refractivity contribution in [1.82, 2.24) is 4.83 Å². The molecule has 0 heterocycles. The minimum absolute atomic E-state index is 0.00893. The standard InChI is InChI=1S/C15H23N2O4P/c1-12(15(18)20-13-8-5-9-13)17(22(19)11-10-16)21-14-6-3-2-4-7-14/h2-4,6-7,12-13,22H,5,8-11,16H2,1H3. The molecule has 6 nitrogen and oxygen atoms in total. The van der Waals surface area contributed by atoms with Crippen molar-refractivity contribution in [2.75, 3.05) is 12.7 Å². The fraction of sp³-hybridized carbons (Fsp3) is 0.533. The Balaban J connectivity index is 2.04. The number of carbonyl (C=O) groups excluding carboxylic acids is 1. The van der Waals surface area contributed by atoms with E-state index in [4.69, 9.17) is 15.3 Å². The lowest BCUT2D eigenvalue weighted by Gasteiger charge is -2.30. The third-order valence-corrected chi connectivity index (χ3v) is 5.27. The lowest BCUT2D eigenvalue weighted by molar-refractivity contribution is -0.163. The van der Waals surface area contributed by atoms with Crippen LogP contribution in [-0.2, 0) is 14.1 Å². The fourth-order valence-electron chi connectivity index (χ4n) is 2.02. The van der Waals surface area contributed by atoms with E-state index in [1.54, 1.807) is 19.1 Å². The van der Waals surface area contributed by atoms with Crippen molar-refractivity contribution in [3.05, 3.63) is 30.3 Å². The van der Waals surface area contributed by atoms with Crippen LogP contribution in [0, 0.1) is 0 Å². The molecule has 1 aromatic rings. The predicted octanol–water partition coefficient (Wildman–Crippen LogP) is 2.20. The highest BCUT2D eigenvalue weighted by Gasteiger charge is 2.32. The van der Waals surface area contributed by atoms with Crippen LogP contribution in [0.5, 0.6) is 5.75 Å². The summed E-state index contributed by atoms with van der Waals surface area (Å²) < 4.78 is 17.7. The molecule has 1 saturated carbocycles. The monoisotopic (exact) mass is 326 g/mol. The molecule has 0 amide bonds. The Kier molecular flexibility index (Phi) is 6.43. The third kappa shape index (κ3) is 4.57. The van der Waals surface area contributed by atoms with Crippen LogP contribution in [0.15, 0.2) is 30.3 Å². The molecule has 0 aliphatic heterocycles. The Labute approximate surface area is 131 Å². The summed E-state index contributed by atoms with van der Waals surface area (Å²) in [4.78, 5) is 19.1. The van der Waals surface area contributed by atoms with E-state index in [1.165, 1.54) is 4.83 Å². The van der Waals surface area contributed by atoms with Crippen LogP contribution >= 0.6 is 7.95 Å². The van der Waals surface area contributed by atoms with Crippen molar-refractivity contribution in [2.24, 2.45) is 5.73 Å². The summed E-state index contributed by atoms with van der Waals surface area (Å²) in [5.74, 6) is 0.122. The first-order valence-corrected chi connectivity index (χ1v) is 9.13. The van der Waals surface area contributed by atoms with Gasteiger partial charge in [0, 0.05) is 12.7 Å². The number of hydrogen-bond acceptors (Lipinski definition) is 5. The number of esters is 1.